The third-order valence-electron chi connectivity index (χ3n) is 2.60. The lowest BCUT2D eigenvalue weighted by molar-refractivity contribution is 0.260. The van der Waals surface area contributed by atoms with Gasteiger partial charge in [-0.2, -0.15) is 0 Å². The standard InChI is InChI=1S/C14H22N2O/c1-12(2)6-4-7-13(3)8-11-17-14-15-9-5-10-16-14/h5-6,9-10,13H,4,7-8,11H2,1-3H3. The third kappa shape index (κ3) is 6.72. The molecule has 0 aliphatic carbocycles. The molecular formula is C14H22N2O. The van der Waals surface area contributed by atoms with Crippen LogP contribution < -0.4 is 4.74 Å². The van der Waals surface area contributed by atoms with Crippen LogP contribution in [-0.2, 0) is 0 Å². The van der Waals surface area contributed by atoms with Gasteiger partial charge < -0.3 is 4.74 Å². The molecule has 0 amide bonds. The van der Waals surface area contributed by atoms with Crippen molar-refractivity contribution in [1.82, 2.24) is 9.97 Å². The fourth-order valence-electron chi connectivity index (χ4n) is 1.51. The van der Waals surface area contributed by atoms with E-state index in [1.54, 1.807) is 18.5 Å². The minimum absolute atomic E-state index is 0.476. The molecule has 17 heavy (non-hydrogen) atoms. The topological polar surface area (TPSA) is 35.0 Å². The zero-order valence-corrected chi connectivity index (χ0v) is 11.0. The average molecular weight is 234 g/mol. The molecule has 3 nitrogen and oxygen atoms in total. The van der Waals surface area contributed by atoms with Crippen LogP contribution in [-0.4, -0.2) is 16.6 Å². The molecule has 0 fully saturated rings. The minimum atomic E-state index is 0.476. The van der Waals surface area contributed by atoms with Crippen LogP contribution in [0.5, 0.6) is 6.01 Å². The largest absolute Gasteiger partial charge is 0.463 e. The second-order valence-electron chi connectivity index (χ2n) is 4.63. The predicted octanol–water partition coefficient (Wildman–Crippen LogP) is 3.63. The Bertz CT molecular complexity index is 331. The molecule has 94 valence electrons. The average Bonchev–Trinajstić information content (AvgIpc) is 2.30. The molecule has 1 aromatic rings. The molecule has 0 aliphatic rings. The van der Waals surface area contributed by atoms with Gasteiger partial charge in [-0.05, 0) is 45.1 Å². The molecule has 1 atom stereocenters. The molecule has 0 aromatic carbocycles. The second-order valence-corrected chi connectivity index (χ2v) is 4.63. The smallest absolute Gasteiger partial charge is 0.316 e. The number of aromatic nitrogens is 2. The first-order valence-corrected chi connectivity index (χ1v) is 6.21. The van der Waals surface area contributed by atoms with Crippen LogP contribution in [0.3, 0.4) is 0 Å². The summed E-state index contributed by atoms with van der Waals surface area (Å²) < 4.78 is 5.47. The fraction of sp³-hybridized carbons (Fsp3) is 0.571. The Labute approximate surface area is 104 Å². The van der Waals surface area contributed by atoms with Gasteiger partial charge in [0, 0.05) is 12.4 Å². The lowest BCUT2D eigenvalue weighted by atomic mass is 10.0. The Kier molecular flexibility index (Phi) is 6.30. The molecule has 0 spiro atoms. The van der Waals surface area contributed by atoms with Gasteiger partial charge in [0.05, 0.1) is 6.61 Å². The maximum Gasteiger partial charge on any atom is 0.316 e. The number of hydrogen-bond donors (Lipinski definition) is 0. The van der Waals surface area contributed by atoms with Crippen LogP contribution in [0.4, 0.5) is 0 Å². The Morgan fingerprint density at radius 1 is 1.29 bits per heavy atom. The van der Waals surface area contributed by atoms with Gasteiger partial charge in [0.1, 0.15) is 0 Å². The van der Waals surface area contributed by atoms with E-state index in [-0.39, 0.29) is 0 Å². The van der Waals surface area contributed by atoms with E-state index < -0.39 is 0 Å². The molecule has 1 unspecified atom stereocenters. The summed E-state index contributed by atoms with van der Waals surface area (Å²) in [4.78, 5) is 8.04. The highest BCUT2D eigenvalue weighted by Gasteiger charge is 2.02. The molecule has 0 saturated heterocycles. The molecule has 0 saturated carbocycles. The van der Waals surface area contributed by atoms with E-state index >= 15 is 0 Å². The molecule has 1 rings (SSSR count). The van der Waals surface area contributed by atoms with Crippen molar-refractivity contribution in [2.45, 2.75) is 40.0 Å². The van der Waals surface area contributed by atoms with Crippen LogP contribution in [0.15, 0.2) is 30.1 Å². The normalized spacial score (nSPS) is 11.9. The lowest BCUT2D eigenvalue weighted by Gasteiger charge is -2.10. The number of allylic oxidation sites excluding steroid dienone is 2. The lowest BCUT2D eigenvalue weighted by Crippen LogP contribution is -2.05. The molecule has 1 heterocycles. The van der Waals surface area contributed by atoms with E-state index in [4.69, 9.17) is 4.74 Å². The summed E-state index contributed by atoms with van der Waals surface area (Å²) in [6.45, 7) is 7.23. The van der Waals surface area contributed by atoms with Crippen LogP contribution in [0, 0.1) is 5.92 Å². The molecule has 1 aromatic heterocycles. The van der Waals surface area contributed by atoms with Crippen LogP contribution in [0.25, 0.3) is 0 Å². The summed E-state index contributed by atoms with van der Waals surface area (Å²) in [5.41, 5.74) is 1.39. The van der Waals surface area contributed by atoms with Crippen molar-refractivity contribution in [1.29, 1.82) is 0 Å². The Morgan fingerprint density at radius 3 is 2.65 bits per heavy atom. The summed E-state index contributed by atoms with van der Waals surface area (Å²) in [6, 6.07) is 2.26. The van der Waals surface area contributed by atoms with Crippen molar-refractivity contribution in [2.24, 2.45) is 5.92 Å². The van der Waals surface area contributed by atoms with Gasteiger partial charge in [-0.3, -0.25) is 0 Å². The van der Waals surface area contributed by atoms with Crippen LogP contribution >= 0.6 is 0 Å². The Balaban J connectivity index is 2.12. The van der Waals surface area contributed by atoms with Gasteiger partial charge in [0.2, 0.25) is 0 Å². The van der Waals surface area contributed by atoms with E-state index in [1.165, 1.54) is 12.0 Å². The van der Waals surface area contributed by atoms with Gasteiger partial charge in [-0.1, -0.05) is 18.6 Å². The Hall–Kier alpha value is -1.38. The number of ether oxygens (including phenoxy) is 1. The molecule has 0 aliphatic heterocycles. The first-order chi connectivity index (χ1) is 8.18. The first kappa shape index (κ1) is 13.7. The summed E-state index contributed by atoms with van der Waals surface area (Å²) >= 11 is 0. The molecule has 0 radical (unpaired) electrons. The maximum absolute atomic E-state index is 5.47. The van der Waals surface area contributed by atoms with Crippen LogP contribution in [0.2, 0.25) is 0 Å². The quantitative estimate of drug-likeness (QED) is 0.676. The van der Waals surface area contributed by atoms with Crippen molar-refractivity contribution in [3.8, 4) is 6.01 Å². The number of hydrogen-bond acceptors (Lipinski definition) is 3. The summed E-state index contributed by atoms with van der Waals surface area (Å²) in [5.74, 6) is 0.675. The molecule has 0 N–H and O–H groups in total. The van der Waals surface area contributed by atoms with E-state index in [0.29, 0.717) is 18.5 Å². The molecule has 0 bridgehead atoms. The number of rotatable bonds is 7. The predicted molar refractivity (Wildman–Crippen MR) is 70.0 cm³/mol. The highest BCUT2D eigenvalue weighted by atomic mass is 16.5. The SMILES string of the molecule is CC(C)=CCCC(C)CCOc1ncccn1. The zero-order chi connectivity index (χ0) is 12.5. The third-order valence-corrected chi connectivity index (χ3v) is 2.60. The highest BCUT2D eigenvalue weighted by molar-refractivity contribution is 4.93. The van der Waals surface area contributed by atoms with E-state index in [9.17, 15) is 0 Å². The molecular weight excluding hydrogens is 212 g/mol. The van der Waals surface area contributed by atoms with Gasteiger partial charge in [0.15, 0.2) is 0 Å². The monoisotopic (exact) mass is 234 g/mol. The van der Waals surface area contributed by atoms with Gasteiger partial charge in [0.25, 0.3) is 0 Å². The first-order valence-electron chi connectivity index (χ1n) is 6.21. The summed E-state index contributed by atoms with van der Waals surface area (Å²) in [7, 11) is 0. The van der Waals surface area contributed by atoms with E-state index in [0.717, 1.165) is 12.8 Å². The van der Waals surface area contributed by atoms with Crippen molar-refractivity contribution in [3.05, 3.63) is 30.1 Å². The van der Waals surface area contributed by atoms with Gasteiger partial charge >= 0.3 is 6.01 Å². The second kappa shape index (κ2) is 7.82. The van der Waals surface area contributed by atoms with Crippen molar-refractivity contribution in [2.75, 3.05) is 6.61 Å². The Morgan fingerprint density at radius 2 is 2.00 bits per heavy atom. The molecule has 3 heteroatoms. The van der Waals surface area contributed by atoms with Crippen molar-refractivity contribution in [3.63, 3.8) is 0 Å². The van der Waals surface area contributed by atoms with E-state index in [1.807, 2.05) is 0 Å². The minimum Gasteiger partial charge on any atom is -0.463 e. The van der Waals surface area contributed by atoms with Crippen LogP contribution in [0.1, 0.15) is 40.0 Å². The van der Waals surface area contributed by atoms with Gasteiger partial charge in [-0.15, -0.1) is 0 Å². The number of nitrogens with zero attached hydrogens (tertiary/aromatic N) is 2. The van der Waals surface area contributed by atoms with Crippen molar-refractivity contribution >= 4 is 0 Å². The van der Waals surface area contributed by atoms with Gasteiger partial charge in [-0.25, -0.2) is 9.97 Å². The zero-order valence-electron chi connectivity index (χ0n) is 11.0. The highest BCUT2D eigenvalue weighted by Crippen LogP contribution is 2.12. The summed E-state index contributed by atoms with van der Waals surface area (Å²) in [6.07, 6.45) is 9.10. The maximum atomic E-state index is 5.47. The van der Waals surface area contributed by atoms with E-state index in [2.05, 4.69) is 36.8 Å². The fourth-order valence-corrected chi connectivity index (χ4v) is 1.51. The van der Waals surface area contributed by atoms with Crippen molar-refractivity contribution < 1.29 is 4.74 Å². The summed E-state index contributed by atoms with van der Waals surface area (Å²) in [5, 5.41) is 0.